The van der Waals surface area contributed by atoms with E-state index in [2.05, 4.69) is 4.98 Å². The molecule has 7 heteroatoms. The molecule has 0 fully saturated rings. The van der Waals surface area contributed by atoms with Gasteiger partial charge in [0, 0.05) is 17.8 Å². The Morgan fingerprint density at radius 3 is 2.56 bits per heavy atom. The van der Waals surface area contributed by atoms with Crippen molar-refractivity contribution in [3.8, 4) is 0 Å². The summed E-state index contributed by atoms with van der Waals surface area (Å²) in [4.78, 5) is 41.4. The minimum atomic E-state index is -0.531. The highest BCUT2D eigenvalue weighted by Gasteiger charge is 2.26. The zero-order chi connectivity index (χ0) is 18.6. The fraction of sp³-hybridized carbons (Fsp3) is 0.389. The SMILES string of the molecule is CCCN(CC(=O)c1c(C)[nH]c(C(=O)OC)c1C)C(=O)c1ccco1. The summed E-state index contributed by atoms with van der Waals surface area (Å²) in [6, 6.07) is 3.19. The van der Waals surface area contributed by atoms with Gasteiger partial charge in [0.1, 0.15) is 5.69 Å². The van der Waals surface area contributed by atoms with Crippen LogP contribution in [0.1, 0.15) is 56.0 Å². The molecule has 0 bridgehead atoms. The maximum absolute atomic E-state index is 12.8. The van der Waals surface area contributed by atoms with Crippen molar-refractivity contribution in [3.63, 3.8) is 0 Å². The smallest absolute Gasteiger partial charge is 0.354 e. The summed E-state index contributed by atoms with van der Waals surface area (Å²) in [7, 11) is 1.28. The largest absolute Gasteiger partial charge is 0.464 e. The van der Waals surface area contributed by atoms with Crippen molar-refractivity contribution < 1.29 is 23.5 Å². The first-order chi connectivity index (χ1) is 11.9. The van der Waals surface area contributed by atoms with E-state index in [-0.39, 0.29) is 29.7 Å². The molecular formula is C18H22N2O5. The first-order valence-electron chi connectivity index (χ1n) is 8.04. The second-order valence-corrected chi connectivity index (χ2v) is 5.74. The number of esters is 1. The van der Waals surface area contributed by atoms with Crippen molar-refractivity contribution in [3.05, 3.63) is 46.7 Å². The average molecular weight is 346 g/mol. The van der Waals surface area contributed by atoms with Crippen molar-refractivity contribution in [2.45, 2.75) is 27.2 Å². The van der Waals surface area contributed by atoms with E-state index >= 15 is 0 Å². The number of amides is 1. The van der Waals surface area contributed by atoms with Crippen LogP contribution in [0.3, 0.4) is 0 Å². The van der Waals surface area contributed by atoms with E-state index in [1.807, 2.05) is 6.92 Å². The van der Waals surface area contributed by atoms with Gasteiger partial charge in [0.25, 0.3) is 5.91 Å². The summed E-state index contributed by atoms with van der Waals surface area (Å²) in [5.74, 6) is -0.912. The number of hydrogen-bond donors (Lipinski definition) is 1. The molecule has 0 aromatic carbocycles. The zero-order valence-electron chi connectivity index (χ0n) is 14.8. The number of carbonyl (C=O) groups excluding carboxylic acids is 3. The van der Waals surface area contributed by atoms with Gasteiger partial charge in [0.15, 0.2) is 11.5 Å². The first-order valence-corrected chi connectivity index (χ1v) is 8.04. The Balaban J connectivity index is 2.26. The maximum Gasteiger partial charge on any atom is 0.354 e. The van der Waals surface area contributed by atoms with Crippen molar-refractivity contribution in [1.82, 2.24) is 9.88 Å². The summed E-state index contributed by atoms with van der Waals surface area (Å²) in [5.41, 5.74) is 1.76. The van der Waals surface area contributed by atoms with Crippen LogP contribution in [-0.2, 0) is 4.74 Å². The maximum atomic E-state index is 12.8. The van der Waals surface area contributed by atoms with Crippen molar-refractivity contribution in [1.29, 1.82) is 0 Å². The number of ether oxygens (including phenoxy) is 1. The third-order valence-electron chi connectivity index (χ3n) is 3.95. The van der Waals surface area contributed by atoms with Gasteiger partial charge in [0.2, 0.25) is 0 Å². The van der Waals surface area contributed by atoms with Gasteiger partial charge in [-0.05, 0) is 38.0 Å². The fourth-order valence-corrected chi connectivity index (χ4v) is 2.81. The summed E-state index contributed by atoms with van der Waals surface area (Å²) in [5, 5.41) is 0. The average Bonchev–Trinajstić information content (AvgIpc) is 3.21. The molecule has 7 nitrogen and oxygen atoms in total. The molecular weight excluding hydrogens is 324 g/mol. The topological polar surface area (TPSA) is 92.6 Å². The summed E-state index contributed by atoms with van der Waals surface area (Å²) in [6.45, 7) is 5.66. The lowest BCUT2D eigenvalue weighted by Gasteiger charge is -2.20. The normalized spacial score (nSPS) is 10.6. The minimum absolute atomic E-state index is 0.0898. The van der Waals surface area contributed by atoms with E-state index in [4.69, 9.17) is 9.15 Å². The van der Waals surface area contributed by atoms with Crippen LogP contribution < -0.4 is 0 Å². The lowest BCUT2D eigenvalue weighted by atomic mass is 10.0. The molecule has 0 atom stereocenters. The number of nitrogens with zero attached hydrogens (tertiary/aromatic N) is 1. The van der Waals surface area contributed by atoms with Crippen LogP contribution in [0.4, 0.5) is 0 Å². The number of furan rings is 1. The van der Waals surface area contributed by atoms with Crippen molar-refractivity contribution >= 4 is 17.7 Å². The number of Topliss-reactive ketones (excluding diaryl/α,β-unsaturated/α-hetero) is 1. The van der Waals surface area contributed by atoms with E-state index in [0.29, 0.717) is 29.8 Å². The molecule has 25 heavy (non-hydrogen) atoms. The van der Waals surface area contributed by atoms with E-state index < -0.39 is 5.97 Å². The summed E-state index contributed by atoms with van der Waals surface area (Å²) in [6.07, 6.45) is 2.13. The zero-order valence-corrected chi connectivity index (χ0v) is 14.8. The Morgan fingerprint density at radius 2 is 2.00 bits per heavy atom. The molecule has 134 valence electrons. The number of methoxy groups -OCH3 is 1. The minimum Gasteiger partial charge on any atom is -0.464 e. The van der Waals surface area contributed by atoms with Gasteiger partial charge >= 0.3 is 5.97 Å². The Kier molecular flexibility index (Phi) is 5.80. The second-order valence-electron chi connectivity index (χ2n) is 5.74. The Hall–Kier alpha value is -2.83. The predicted octanol–water partition coefficient (Wildman–Crippen LogP) is 2.75. The molecule has 0 spiro atoms. The first kappa shape index (κ1) is 18.5. The van der Waals surface area contributed by atoms with Gasteiger partial charge in [-0.2, -0.15) is 0 Å². The third kappa shape index (κ3) is 3.81. The standard InChI is InChI=1S/C18H22N2O5/c1-5-8-20(17(22)14-7-6-9-25-14)10-13(21)15-11(2)16(18(23)24-4)19-12(15)3/h6-7,9,19H,5,8,10H2,1-4H3. The number of aromatic nitrogens is 1. The second kappa shape index (κ2) is 7.83. The van der Waals surface area contributed by atoms with Gasteiger partial charge in [-0.3, -0.25) is 9.59 Å². The Labute approximate surface area is 145 Å². The molecule has 2 aromatic heterocycles. The van der Waals surface area contributed by atoms with E-state index in [9.17, 15) is 14.4 Å². The Bertz CT molecular complexity index is 774. The van der Waals surface area contributed by atoms with E-state index in [0.717, 1.165) is 0 Å². The van der Waals surface area contributed by atoms with Crippen LogP contribution in [0, 0.1) is 13.8 Å². The molecule has 0 saturated heterocycles. The number of nitrogens with one attached hydrogen (secondary N) is 1. The monoisotopic (exact) mass is 346 g/mol. The quantitative estimate of drug-likeness (QED) is 0.615. The molecule has 2 aromatic rings. The van der Waals surface area contributed by atoms with Crippen LogP contribution in [-0.4, -0.2) is 47.7 Å². The number of carbonyl (C=O) groups is 3. The molecule has 2 heterocycles. The van der Waals surface area contributed by atoms with Crippen molar-refractivity contribution in [2.24, 2.45) is 0 Å². The number of aromatic amines is 1. The number of hydrogen-bond acceptors (Lipinski definition) is 5. The molecule has 0 unspecified atom stereocenters. The molecule has 1 amide bonds. The van der Waals surface area contributed by atoms with Gasteiger partial charge in [-0.25, -0.2) is 4.79 Å². The fourth-order valence-electron chi connectivity index (χ4n) is 2.81. The lowest BCUT2D eigenvalue weighted by molar-refractivity contribution is 0.0593. The summed E-state index contributed by atoms with van der Waals surface area (Å²) < 4.78 is 9.85. The Morgan fingerprint density at radius 1 is 1.28 bits per heavy atom. The molecule has 0 aliphatic rings. The number of aryl methyl sites for hydroxylation is 1. The van der Waals surface area contributed by atoms with E-state index in [1.165, 1.54) is 18.3 Å². The van der Waals surface area contributed by atoms with Gasteiger partial charge in [-0.1, -0.05) is 6.92 Å². The van der Waals surface area contributed by atoms with Gasteiger partial charge in [0.05, 0.1) is 19.9 Å². The number of H-pyrrole nitrogens is 1. The highest BCUT2D eigenvalue weighted by molar-refractivity contribution is 6.05. The summed E-state index contributed by atoms with van der Waals surface area (Å²) >= 11 is 0. The molecule has 0 saturated carbocycles. The number of ketones is 1. The molecule has 1 N–H and O–H groups in total. The van der Waals surface area contributed by atoms with Gasteiger partial charge < -0.3 is 19.0 Å². The van der Waals surface area contributed by atoms with Crippen LogP contribution in [0.5, 0.6) is 0 Å². The molecule has 0 aliphatic carbocycles. The molecule has 2 rings (SSSR count). The highest BCUT2D eigenvalue weighted by atomic mass is 16.5. The van der Waals surface area contributed by atoms with E-state index in [1.54, 1.807) is 26.0 Å². The number of rotatable bonds is 7. The highest BCUT2D eigenvalue weighted by Crippen LogP contribution is 2.20. The third-order valence-corrected chi connectivity index (χ3v) is 3.95. The molecule has 0 aliphatic heterocycles. The predicted molar refractivity (Wildman–Crippen MR) is 90.8 cm³/mol. The van der Waals surface area contributed by atoms with Crippen LogP contribution >= 0.6 is 0 Å². The molecule has 0 radical (unpaired) electrons. The van der Waals surface area contributed by atoms with Crippen LogP contribution in [0.15, 0.2) is 22.8 Å². The van der Waals surface area contributed by atoms with Crippen LogP contribution in [0.2, 0.25) is 0 Å². The van der Waals surface area contributed by atoms with Crippen LogP contribution in [0.25, 0.3) is 0 Å². The van der Waals surface area contributed by atoms with Gasteiger partial charge in [-0.15, -0.1) is 0 Å². The lowest BCUT2D eigenvalue weighted by Crippen LogP contribution is -2.36. The van der Waals surface area contributed by atoms with Crippen molar-refractivity contribution in [2.75, 3.05) is 20.2 Å².